The standard InChI is InChI=1S/C69H44N4O/c1-2-15-45(16-3-1)50-17-10-18-51(41-50)46-33-37-48(38-34-46)67-70-68(49-39-35-47(36-40-49)54-21-13-24-57(44-54)73-63-30-7-4-25-59(63)60-26-5-8-31-64(60)73)72-69(71-67)56-23-12-20-53(43-56)52-19-11-22-55(42-52)58-28-14-29-62-61-27-6-9-32-65(61)74-66(58)62/h1-44H. The first-order chi connectivity index (χ1) is 36.6. The maximum Gasteiger partial charge on any atom is 0.164 e. The van der Waals surface area contributed by atoms with E-state index in [-0.39, 0.29) is 0 Å². The molecule has 0 aliphatic heterocycles. The molecule has 0 saturated heterocycles. The van der Waals surface area contributed by atoms with Crippen LogP contribution in [0.15, 0.2) is 271 Å². The van der Waals surface area contributed by atoms with Crippen LogP contribution in [-0.4, -0.2) is 19.5 Å². The fourth-order valence-electron chi connectivity index (χ4n) is 10.6. The highest BCUT2D eigenvalue weighted by Crippen LogP contribution is 2.39. The smallest absolute Gasteiger partial charge is 0.164 e. The van der Waals surface area contributed by atoms with Gasteiger partial charge in [-0.25, -0.2) is 15.0 Å². The number of fused-ring (bicyclic) bond motifs is 6. The fraction of sp³-hybridized carbons (Fsp3) is 0. The van der Waals surface area contributed by atoms with E-state index in [2.05, 4.69) is 253 Å². The highest BCUT2D eigenvalue weighted by Gasteiger charge is 2.17. The van der Waals surface area contributed by atoms with E-state index < -0.39 is 0 Å². The number of hydrogen-bond acceptors (Lipinski definition) is 4. The summed E-state index contributed by atoms with van der Waals surface area (Å²) < 4.78 is 8.82. The number of aromatic nitrogens is 4. The molecule has 3 heterocycles. The molecule has 3 aromatic heterocycles. The van der Waals surface area contributed by atoms with Crippen molar-refractivity contribution < 1.29 is 4.42 Å². The van der Waals surface area contributed by atoms with Crippen molar-refractivity contribution in [2.24, 2.45) is 0 Å². The summed E-state index contributed by atoms with van der Waals surface area (Å²) in [5.74, 6) is 1.79. The van der Waals surface area contributed by atoms with Crippen molar-refractivity contribution in [3.05, 3.63) is 267 Å². The second-order valence-electron chi connectivity index (χ2n) is 18.8. The average Bonchev–Trinajstić information content (AvgIpc) is 4.04. The van der Waals surface area contributed by atoms with Gasteiger partial charge in [0.1, 0.15) is 11.2 Å². The highest BCUT2D eigenvalue weighted by molar-refractivity contribution is 6.10. The van der Waals surface area contributed by atoms with Gasteiger partial charge >= 0.3 is 0 Å². The van der Waals surface area contributed by atoms with Crippen LogP contribution in [0.4, 0.5) is 0 Å². The Labute approximate surface area is 428 Å². The third kappa shape index (κ3) is 7.72. The zero-order chi connectivity index (χ0) is 49.0. The van der Waals surface area contributed by atoms with Crippen LogP contribution in [0.25, 0.3) is 139 Å². The Morgan fingerprint density at radius 3 is 1.27 bits per heavy atom. The molecule has 0 spiro atoms. The Morgan fingerprint density at radius 2 is 0.649 bits per heavy atom. The lowest BCUT2D eigenvalue weighted by molar-refractivity contribution is 0.670. The molecule has 0 saturated carbocycles. The molecule has 0 fully saturated rings. The first kappa shape index (κ1) is 42.9. The topological polar surface area (TPSA) is 56.7 Å². The third-order valence-electron chi connectivity index (χ3n) is 14.3. The van der Waals surface area contributed by atoms with Crippen molar-refractivity contribution in [3.8, 4) is 95.5 Å². The molecule has 0 radical (unpaired) electrons. The summed E-state index contributed by atoms with van der Waals surface area (Å²) in [6.45, 7) is 0. The maximum absolute atomic E-state index is 6.46. The zero-order valence-corrected chi connectivity index (χ0v) is 40.1. The van der Waals surface area contributed by atoms with Gasteiger partial charge in [0, 0.05) is 49.5 Å². The molecular formula is C69H44N4O. The minimum atomic E-state index is 0.595. The third-order valence-corrected chi connectivity index (χ3v) is 14.3. The van der Waals surface area contributed by atoms with Gasteiger partial charge in [-0.05, 0) is 98.6 Å². The molecule has 0 aliphatic rings. The summed E-state index contributed by atoms with van der Waals surface area (Å²) >= 11 is 0. The van der Waals surface area contributed by atoms with E-state index in [1.807, 2.05) is 18.2 Å². The Hall–Kier alpha value is -9.97. The quantitative estimate of drug-likeness (QED) is 0.145. The van der Waals surface area contributed by atoms with Crippen LogP contribution in [0.2, 0.25) is 0 Å². The summed E-state index contributed by atoms with van der Waals surface area (Å²) in [7, 11) is 0. The van der Waals surface area contributed by atoms with Gasteiger partial charge in [-0.15, -0.1) is 0 Å². The van der Waals surface area contributed by atoms with E-state index in [9.17, 15) is 0 Å². The van der Waals surface area contributed by atoms with E-state index >= 15 is 0 Å². The average molecular weight is 945 g/mol. The van der Waals surface area contributed by atoms with E-state index in [1.54, 1.807) is 0 Å². The minimum Gasteiger partial charge on any atom is -0.455 e. The number of benzene rings is 11. The second-order valence-corrected chi connectivity index (χ2v) is 18.8. The van der Waals surface area contributed by atoms with Gasteiger partial charge in [0.25, 0.3) is 0 Å². The zero-order valence-electron chi connectivity index (χ0n) is 40.1. The molecule has 0 atom stereocenters. The van der Waals surface area contributed by atoms with Gasteiger partial charge in [-0.3, -0.25) is 0 Å². The SMILES string of the molecule is c1ccc(-c2cccc(-c3ccc(-c4nc(-c5ccc(-c6cccc(-n7c8ccccc8c8ccccc87)c6)cc5)nc(-c5cccc(-c6cccc(-c7cccc8c7oc7ccccc78)c6)c5)n4)cc3)c2)cc1. The van der Waals surface area contributed by atoms with Crippen LogP contribution in [0.1, 0.15) is 0 Å². The molecule has 0 bridgehead atoms. The van der Waals surface area contributed by atoms with Crippen LogP contribution in [0.3, 0.4) is 0 Å². The Bertz CT molecular complexity index is 4360. The Morgan fingerprint density at radius 1 is 0.257 bits per heavy atom. The molecule has 74 heavy (non-hydrogen) atoms. The van der Waals surface area contributed by atoms with Crippen LogP contribution in [0.5, 0.6) is 0 Å². The molecule has 346 valence electrons. The van der Waals surface area contributed by atoms with Gasteiger partial charge in [0.2, 0.25) is 0 Å². The normalized spacial score (nSPS) is 11.5. The van der Waals surface area contributed by atoms with Crippen molar-refractivity contribution in [1.82, 2.24) is 19.5 Å². The summed E-state index contributed by atoms with van der Waals surface area (Å²) in [5, 5.41) is 4.71. The Kier molecular flexibility index (Phi) is 10.4. The predicted octanol–water partition coefficient (Wildman–Crippen LogP) is 18.2. The number of nitrogens with zero attached hydrogens (tertiary/aromatic N) is 4. The molecule has 11 aromatic carbocycles. The van der Waals surface area contributed by atoms with E-state index in [1.165, 1.54) is 32.9 Å². The van der Waals surface area contributed by atoms with Crippen LogP contribution in [-0.2, 0) is 0 Å². The highest BCUT2D eigenvalue weighted by atomic mass is 16.3. The van der Waals surface area contributed by atoms with Gasteiger partial charge in [-0.2, -0.15) is 0 Å². The number of hydrogen-bond donors (Lipinski definition) is 0. The Balaban J connectivity index is 0.836. The minimum absolute atomic E-state index is 0.595. The largest absolute Gasteiger partial charge is 0.455 e. The van der Waals surface area contributed by atoms with Gasteiger partial charge in [0.15, 0.2) is 17.5 Å². The van der Waals surface area contributed by atoms with Crippen LogP contribution in [0, 0.1) is 0 Å². The molecule has 0 aliphatic carbocycles. The molecule has 0 amide bonds. The lowest BCUT2D eigenvalue weighted by Crippen LogP contribution is -2.00. The van der Waals surface area contributed by atoms with E-state index in [4.69, 9.17) is 19.4 Å². The monoisotopic (exact) mass is 944 g/mol. The number of para-hydroxylation sites is 4. The first-order valence-corrected chi connectivity index (χ1v) is 25.0. The maximum atomic E-state index is 6.46. The first-order valence-electron chi connectivity index (χ1n) is 25.0. The van der Waals surface area contributed by atoms with Crippen molar-refractivity contribution in [2.45, 2.75) is 0 Å². The van der Waals surface area contributed by atoms with Gasteiger partial charge in [0.05, 0.1) is 11.0 Å². The van der Waals surface area contributed by atoms with Gasteiger partial charge < -0.3 is 8.98 Å². The molecule has 0 unspecified atom stereocenters. The number of rotatable bonds is 9. The molecule has 0 N–H and O–H groups in total. The van der Waals surface area contributed by atoms with Crippen molar-refractivity contribution in [1.29, 1.82) is 0 Å². The number of furan rings is 1. The molecule has 14 rings (SSSR count). The van der Waals surface area contributed by atoms with E-state index in [0.717, 1.165) is 88.8 Å². The molecular weight excluding hydrogens is 901 g/mol. The predicted molar refractivity (Wildman–Crippen MR) is 305 cm³/mol. The van der Waals surface area contributed by atoms with Crippen molar-refractivity contribution in [2.75, 3.05) is 0 Å². The lowest BCUT2D eigenvalue weighted by atomic mass is 9.96. The molecule has 14 aromatic rings. The summed E-state index contributed by atoms with van der Waals surface area (Å²) in [6, 6.07) is 94.1. The molecule has 5 nitrogen and oxygen atoms in total. The summed E-state index contributed by atoms with van der Waals surface area (Å²) in [6.07, 6.45) is 0. The van der Waals surface area contributed by atoms with E-state index in [0.29, 0.717) is 17.5 Å². The lowest BCUT2D eigenvalue weighted by Gasteiger charge is -2.12. The van der Waals surface area contributed by atoms with Crippen molar-refractivity contribution >= 4 is 43.7 Å². The fourth-order valence-corrected chi connectivity index (χ4v) is 10.6. The van der Waals surface area contributed by atoms with Crippen LogP contribution < -0.4 is 0 Å². The summed E-state index contributed by atoms with van der Waals surface area (Å²) in [5.41, 5.74) is 19.1. The second kappa shape index (κ2) is 18.0. The van der Waals surface area contributed by atoms with Crippen LogP contribution >= 0.6 is 0 Å². The molecule has 5 heteroatoms. The van der Waals surface area contributed by atoms with Gasteiger partial charge in [-0.1, -0.05) is 218 Å². The van der Waals surface area contributed by atoms with Crippen molar-refractivity contribution in [3.63, 3.8) is 0 Å². The summed E-state index contributed by atoms with van der Waals surface area (Å²) in [4.78, 5) is 15.6.